The first-order valence-electron chi connectivity index (χ1n) is 11.1. The number of thiophene rings is 1. The van der Waals surface area contributed by atoms with E-state index in [0.717, 1.165) is 64.8 Å². The lowest BCUT2D eigenvalue weighted by Crippen LogP contribution is -2.45. The quantitative estimate of drug-likeness (QED) is 0.720. The molecular weight excluding hydrogens is 416 g/mol. The van der Waals surface area contributed by atoms with E-state index < -0.39 is 10.0 Å². The van der Waals surface area contributed by atoms with Crippen LogP contribution in [0.3, 0.4) is 0 Å². The van der Waals surface area contributed by atoms with Crippen molar-refractivity contribution in [2.45, 2.75) is 62.8 Å². The molecule has 1 aromatic heterocycles. The largest absolute Gasteiger partial charge is 0.370 e. The highest BCUT2D eigenvalue weighted by Crippen LogP contribution is 2.44. The van der Waals surface area contributed by atoms with Crippen molar-refractivity contribution in [1.29, 1.82) is 0 Å². The highest BCUT2D eigenvalue weighted by molar-refractivity contribution is 7.93. The molecule has 30 heavy (non-hydrogen) atoms. The smallest absolute Gasteiger partial charge is 0.235 e. The summed E-state index contributed by atoms with van der Waals surface area (Å²) in [6.45, 7) is 6.01. The number of hydrogen-bond acceptors (Lipinski definition) is 5. The summed E-state index contributed by atoms with van der Waals surface area (Å²) in [6.07, 6.45) is 5.80. The number of rotatable bonds is 6. The third kappa shape index (κ3) is 4.05. The van der Waals surface area contributed by atoms with Gasteiger partial charge in [0, 0.05) is 41.5 Å². The summed E-state index contributed by atoms with van der Waals surface area (Å²) in [5.74, 6) is 0. The van der Waals surface area contributed by atoms with Gasteiger partial charge in [0.05, 0.1) is 17.5 Å². The van der Waals surface area contributed by atoms with Gasteiger partial charge in [-0.1, -0.05) is 19.1 Å². The molecule has 2 fully saturated rings. The number of anilines is 1. The number of ether oxygens (including phenoxy) is 1. The number of likely N-dealkylation sites (tertiary alicyclic amines) is 1. The molecule has 1 saturated heterocycles. The molecule has 5 rings (SSSR count). The van der Waals surface area contributed by atoms with Crippen LogP contribution in [-0.4, -0.2) is 38.3 Å². The van der Waals surface area contributed by atoms with Gasteiger partial charge in [-0.25, -0.2) is 8.42 Å². The van der Waals surface area contributed by atoms with Crippen LogP contribution in [-0.2, 0) is 39.7 Å². The summed E-state index contributed by atoms with van der Waals surface area (Å²) < 4.78 is 33.3. The second kappa shape index (κ2) is 7.93. The molecule has 0 amide bonds. The Morgan fingerprint density at radius 2 is 1.93 bits per heavy atom. The Hall–Kier alpha value is -1.41. The van der Waals surface area contributed by atoms with E-state index in [-0.39, 0.29) is 10.9 Å². The van der Waals surface area contributed by atoms with Crippen LogP contribution in [0.15, 0.2) is 30.3 Å². The zero-order valence-corrected chi connectivity index (χ0v) is 19.2. The van der Waals surface area contributed by atoms with Gasteiger partial charge in [-0.15, -0.1) is 11.3 Å². The lowest BCUT2D eigenvalue weighted by molar-refractivity contribution is -0.0981. The van der Waals surface area contributed by atoms with Crippen LogP contribution in [0, 0.1) is 0 Å². The standard InChI is InChI=1S/C23H30N2O3S2/c1-2-19-15-21-22(29-19)9-14-28-23(21)10-12-25(13-11-23)16-17-3-5-18(6-4-17)24-30(26,27)20-7-8-20/h3-6,15,20,24H,2,7-14,16H2,1H3. The Bertz CT molecular complexity index is 1000. The highest BCUT2D eigenvalue weighted by Gasteiger charge is 2.41. The summed E-state index contributed by atoms with van der Waals surface area (Å²) in [5.41, 5.74) is 3.26. The minimum absolute atomic E-state index is 0.0844. The number of fused-ring (bicyclic) bond motifs is 2. The van der Waals surface area contributed by atoms with Crippen LogP contribution < -0.4 is 4.72 Å². The summed E-state index contributed by atoms with van der Waals surface area (Å²) in [5, 5.41) is -0.197. The molecule has 5 nitrogen and oxygen atoms in total. The maximum absolute atomic E-state index is 12.1. The molecule has 3 aliphatic rings. The average molecular weight is 447 g/mol. The Labute approximate surface area is 183 Å². The van der Waals surface area contributed by atoms with Crippen molar-refractivity contribution in [2.24, 2.45) is 0 Å². The molecule has 0 unspecified atom stereocenters. The maximum atomic E-state index is 12.1. The Morgan fingerprint density at radius 1 is 1.20 bits per heavy atom. The van der Waals surface area contributed by atoms with Gasteiger partial charge in [-0.05, 0) is 61.4 Å². The van der Waals surface area contributed by atoms with Gasteiger partial charge in [0.1, 0.15) is 0 Å². The number of benzene rings is 1. The first-order chi connectivity index (χ1) is 14.5. The minimum Gasteiger partial charge on any atom is -0.370 e. The predicted octanol–water partition coefficient (Wildman–Crippen LogP) is 4.28. The molecule has 1 spiro atoms. The molecule has 1 N–H and O–H groups in total. The van der Waals surface area contributed by atoms with Crippen LogP contribution in [0.4, 0.5) is 5.69 Å². The Balaban J connectivity index is 1.20. The zero-order valence-electron chi connectivity index (χ0n) is 17.5. The number of piperidine rings is 1. The van der Waals surface area contributed by atoms with E-state index in [1.807, 2.05) is 35.6 Å². The molecule has 1 aromatic carbocycles. The fourth-order valence-corrected chi connectivity index (χ4v) is 7.26. The van der Waals surface area contributed by atoms with Gasteiger partial charge in [0.25, 0.3) is 0 Å². The monoisotopic (exact) mass is 446 g/mol. The lowest BCUT2D eigenvalue weighted by atomic mass is 9.82. The number of sulfonamides is 1. The highest BCUT2D eigenvalue weighted by atomic mass is 32.2. The van der Waals surface area contributed by atoms with Crippen LogP contribution in [0.1, 0.15) is 53.5 Å². The van der Waals surface area contributed by atoms with E-state index in [9.17, 15) is 8.42 Å². The average Bonchev–Trinajstić information content (AvgIpc) is 3.52. The first kappa shape index (κ1) is 20.5. The van der Waals surface area contributed by atoms with Crippen molar-refractivity contribution in [1.82, 2.24) is 4.90 Å². The maximum Gasteiger partial charge on any atom is 0.235 e. The SMILES string of the molecule is CCc1cc2c(s1)CCOC21CCN(Cc2ccc(NS(=O)(=O)C3CC3)cc2)CC1. The molecular formula is C23H30N2O3S2. The lowest BCUT2D eigenvalue weighted by Gasteiger charge is -2.44. The Morgan fingerprint density at radius 3 is 2.60 bits per heavy atom. The molecule has 162 valence electrons. The molecule has 7 heteroatoms. The van der Waals surface area contributed by atoms with E-state index in [4.69, 9.17) is 4.74 Å². The third-order valence-corrected chi connectivity index (χ3v) is 9.86. The first-order valence-corrected chi connectivity index (χ1v) is 13.4. The van der Waals surface area contributed by atoms with Gasteiger partial charge in [0.2, 0.25) is 10.0 Å². The molecule has 0 bridgehead atoms. The minimum atomic E-state index is -3.19. The molecule has 2 aromatic rings. The van der Waals surface area contributed by atoms with Gasteiger partial charge in [0.15, 0.2) is 0 Å². The van der Waals surface area contributed by atoms with Crippen molar-refractivity contribution >= 4 is 27.0 Å². The van der Waals surface area contributed by atoms with Gasteiger partial charge >= 0.3 is 0 Å². The molecule has 3 heterocycles. The zero-order chi connectivity index (χ0) is 20.8. The van der Waals surface area contributed by atoms with Gasteiger partial charge in [-0.2, -0.15) is 0 Å². The van der Waals surface area contributed by atoms with Crippen LogP contribution in [0.2, 0.25) is 0 Å². The van der Waals surface area contributed by atoms with E-state index >= 15 is 0 Å². The predicted molar refractivity (Wildman–Crippen MR) is 122 cm³/mol. The number of nitrogens with one attached hydrogen (secondary N) is 1. The molecule has 0 radical (unpaired) electrons. The van der Waals surface area contributed by atoms with Crippen molar-refractivity contribution in [3.63, 3.8) is 0 Å². The van der Waals surface area contributed by atoms with Gasteiger partial charge < -0.3 is 4.74 Å². The number of nitrogens with zero attached hydrogens (tertiary/aromatic N) is 1. The van der Waals surface area contributed by atoms with E-state index in [2.05, 4.69) is 22.6 Å². The second-order valence-corrected chi connectivity index (χ2v) is 12.0. The van der Waals surface area contributed by atoms with Crippen molar-refractivity contribution < 1.29 is 13.2 Å². The summed E-state index contributed by atoms with van der Waals surface area (Å²) in [6, 6.07) is 10.2. The van der Waals surface area contributed by atoms with E-state index in [0.29, 0.717) is 5.69 Å². The Kier molecular flexibility index (Phi) is 5.42. The molecule has 1 saturated carbocycles. The van der Waals surface area contributed by atoms with Crippen LogP contribution in [0.25, 0.3) is 0 Å². The summed E-state index contributed by atoms with van der Waals surface area (Å²) in [7, 11) is -3.19. The summed E-state index contributed by atoms with van der Waals surface area (Å²) in [4.78, 5) is 5.50. The van der Waals surface area contributed by atoms with E-state index in [1.165, 1.54) is 20.9 Å². The third-order valence-electron chi connectivity index (χ3n) is 6.65. The van der Waals surface area contributed by atoms with Crippen molar-refractivity contribution in [3.05, 3.63) is 51.2 Å². The van der Waals surface area contributed by atoms with Crippen molar-refractivity contribution in [2.75, 3.05) is 24.4 Å². The van der Waals surface area contributed by atoms with Crippen LogP contribution >= 0.6 is 11.3 Å². The molecule has 0 atom stereocenters. The van der Waals surface area contributed by atoms with Crippen molar-refractivity contribution in [3.8, 4) is 0 Å². The normalized spacial score (nSPS) is 21.5. The number of hydrogen-bond donors (Lipinski definition) is 1. The van der Waals surface area contributed by atoms with Gasteiger partial charge in [-0.3, -0.25) is 9.62 Å². The molecule has 2 aliphatic heterocycles. The number of aryl methyl sites for hydroxylation is 1. The molecule has 1 aliphatic carbocycles. The second-order valence-electron chi connectivity index (χ2n) is 8.82. The van der Waals surface area contributed by atoms with Crippen LogP contribution in [0.5, 0.6) is 0 Å². The topological polar surface area (TPSA) is 58.6 Å². The summed E-state index contributed by atoms with van der Waals surface area (Å²) >= 11 is 1.97. The fourth-order valence-electron chi connectivity index (χ4n) is 4.69. The van der Waals surface area contributed by atoms with E-state index in [1.54, 1.807) is 0 Å². The fraction of sp³-hybridized carbons (Fsp3) is 0.565.